The van der Waals surface area contributed by atoms with Gasteiger partial charge in [0.15, 0.2) is 11.5 Å². The van der Waals surface area contributed by atoms with Crippen molar-refractivity contribution in [1.82, 2.24) is 14.9 Å². The van der Waals surface area contributed by atoms with Crippen molar-refractivity contribution in [2.24, 2.45) is 5.73 Å². The van der Waals surface area contributed by atoms with Gasteiger partial charge in [-0.2, -0.15) is 0 Å². The predicted octanol–water partition coefficient (Wildman–Crippen LogP) is 1.62. The van der Waals surface area contributed by atoms with Crippen LogP contribution in [0.3, 0.4) is 0 Å². The van der Waals surface area contributed by atoms with Crippen molar-refractivity contribution in [2.45, 2.75) is 38.3 Å². The average Bonchev–Trinajstić information content (AvgIpc) is 2.74. The Balaban J connectivity index is 1.40. The van der Waals surface area contributed by atoms with E-state index < -0.39 is 11.9 Å². The third-order valence-electron chi connectivity index (χ3n) is 5.60. The van der Waals surface area contributed by atoms with Gasteiger partial charge in [0.25, 0.3) is 5.91 Å². The molecule has 164 valence electrons. The van der Waals surface area contributed by atoms with E-state index in [-0.39, 0.29) is 12.0 Å². The van der Waals surface area contributed by atoms with E-state index in [1.54, 1.807) is 0 Å². The molecular formula is C22H27N5O4. The van der Waals surface area contributed by atoms with Crippen LogP contribution in [-0.4, -0.2) is 65.1 Å². The first kappa shape index (κ1) is 20.9. The number of para-hydroxylation sites is 2. The molecule has 0 aliphatic carbocycles. The number of ether oxygens (including phenoxy) is 2. The molecule has 4 rings (SSSR count). The molecule has 0 saturated carbocycles. The molecule has 0 spiro atoms. The fourth-order valence-electron chi connectivity index (χ4n) is 3.90. The van der Waals surface area contributed by atoms with Gasteiger partial charge >= 0.3 is 0 Å². The van der Waals surface area contributed by atoms with Crippen LogP contribution in [0.15, 0.2) is 36.7 Å². The molecule has 0 radical (unpaired) electrons. The maximum atomic E-state index is 12.6. The Morgan fingerprint density at radius 3 is 2.52 bits per heavy atom. The number of rotatable bonds is 7. The molecule has 3 heterocycles. The van der Waals surface area contributed by atoms with Crippen LogP contribution in [0.2, 0.25) is 0 Å². The smallest absolute Gasteiger partial charge is 0.257 e. The number of nitrogens with zero attached hydrogens (tertiary/aromatic N) is 4. The third kappa shape index (κ3) is 4.55. The summed E-state index contributed by atoms with van der Waals surface area (Å²) in [5, 5.41) is 0. The number of amides is 2. The number of anilines is 1. The fourth-order valence-corrected chi connectivity index (χ4v) is 3.90. The maximum absolute atomic E-state index is 12.6. The van der Waals surface area contributed by atoms with E-state index >= 15 is 0 Å². The van der Waals surface area contributed by atoms with Crippen molar-refractivity contribution in [1.29, 1.82) is 0 Å². The van der Waals surface area contributed by atoms with Crippen molar-refractivity contribution >= 4 is 17.8 Å². The summed E-state index contributed by atoms with van der Waals surface area (Å²) in [6, 6.07) is 7.13. The summed E-state index contributed by atoms with van der Waals surface area (Å²) in [7, 11) is 0. The monoisotopic (exact) mass is 425 g/mol. The Morgan fingerprint density at radius 2 is 1.87 bits per heavy atom. The highest BCUT2D eigenvalue weighted by Crippen LogP contribution is 2.29. The zero-order valence-corrected chi connectivity index (χ0v) is 17.6. The number of aromatic nitrogens is 2. The van der Waals surface area contributed by atoms with Crippen molar-refractivity contribution in [3.63, 3.8) is 0 Å². The maximum Gasteiger partial charge on any atom is 0.257 e. The lowest BCUT2D eigenvalue weighted by Crippen LogP contribution is -2.57. The van der Waals surface area contributed by atoms with E-state index in [1.165, 1.54) is 17.3 Å². The number of carbonyl (C=O) groups excluding carboxylic acids is 2. The molecule has 2 unspecified atom stereocenters. The number of hydrogen-bond acceptors (Lipinski definition) is 7. The minimum absolute atomic E-state index is 0.0160. The van der Waals surface area contributed by atoms with Gasteiger partial charge in [-0.1, -0.05) is 12.1 Å². The van der Waals surface area contributed by atoms with Crippen LogP contribution in [0.1, 0.15) is 36.5 Å². The summed E-state index contributed by atoms with van der Waals surface area (Å²) in [4.78, 5) is 36.2. The number of nitrogens with two attached hydrogens (primary N) is 1. The van der Waals surface area contributed by atoms with E-state index in [1.807, 2.05) is 31.2 Å². The van der Waals surface area contributed by atoms with Gasteiger partial charge in [0.2, 0.25) is 11.9 Å². The van der Waals surface area contributed by atoms with Crippen LogP contribution < -0.4 is 20.1 Å². The normalized spacial score (nSPS) is 20.7. The standard InChI is InChI=1S/C22H27N5O4/c1-2-30-18-7-3-4-8-19(18)31-16-6-5-10-26(14-16)22-24-12-15(13-25-22)21(29)27-11-9-17(27)20(23)28/h3-4,7-8,12-13,16-17H,2,5-6,9-11,14H2,1H3,(H2,23,28). The second kappa shape index (κ2) is 9.20. The Hall–Kier alpha value is -3.36. The second-order valence-electron chi connectivity index (χ2n) is 7.68. The predicted molar refractivity (Wildman–Crippen MR) is 114 cm³/mol. The van der Waals surface area contributed by atoms with Gasteiger partial charge in [-0.15, -0.1) is 0 Å². The van der Waals surface area contributed by atoms with Crippen molar-refractivity contribution in [3.05, 3.63) is 42.2 Å². The molecular weight excluding hydrogens is 398 g/mol. The van der Waals surface area contributed by atoms with Gasteiger partial charge in [0.1, 0.15) is 12.1 Å². The molecule has 9 heteroatoms. The molecule has 2 saturated heterocycles. The van der Waals surface area contributed by atoms with Crippen molar-refractivity contribution in [2.75, 3.05) is 31.1 Å². The lowest BCUT2D eigenvalue weighted by molar-refractivity contribution is -0.125. The minimum Gasteiger partial charge on any atom is -0.490 e. The van der Waals surface area contributed by atoms with Crippen LogP contribution in [0.5, 0.6) is 11.5 Å². The Kier molecular flexibility index (Phi) is 6.20. The number of carbonyl (C=O) groups is 2. The summed E-state index contributed by atoms with van der Waals surface area (Å²) >= 11 is 0. The highest BCUT2D eigenvalue weighted by atomic mass is 16.5. The molecule has 2 aliphatic heterocycles. The number of hydrogen-bond donors (Lipinski definition) is 1. The highest BCUT2D eigenvalue weighted by Gasteiger charge is 2.37. The molecule has 2 atom stereocenters. The van der Waals surface area contributed by atoms with Gasteiger partial charge in [-0.25, -0.2) is 9.97 Å². The minimum atomic E-state index is -0.535. The van der Waals surface area contributed by atoms with Gasteiger partial charge in [-0.3, -0.25) is 9.59 Å². The first-order valence-electron chi connectivity index (χ1n) is 10.6. The Labute approximate surface area is 181 Å². The summed E-state index contributed by atoms with van der Waals surface area (Å²) in [6.07, 6.45) is 5.47. The van der Waals surface area contributed by atoms with Gasteiger partial charge in [0.05, 0.1) is 18.7 Å². The first-order valence-corrected chi connectivity index (χ1v) is 10.6. The molecule has 1 aromatic carbocycles. The Bertz CT molecular complexity index is 936. The number of primary amides is 1. The van der Waals surface area contributed by atoms with Crippen LogP contribution in [0, 0.1) is 0 Å². The quantitative estimate of drug-likeness (QED) is 0.718. The van der Waals surface area contributed by atoms with Crippen LogP contribution in [-0.2, 0) is 4.79 Å². The van der Waals surface area contributed by atoms with E-state index in [0.29, 0.717) is 37.6 Å². The number of piperidine rings is 1. The van der Waals surface area contributed by atoms with E-state index in [0.717, 1.165) is 30.9 Å². The summed E-state index contributed by atoms with van der Waals surface area (Å²) in [5.74, 6) is 1.27. The lowest BCUT2D eigenvalue weighted by atomic mass is 10.0. The average molecular weight is 425 g/mol. The molecule has 2 aliphatic rings. The molecule has 2 fully saturated rings. The SMILES string of the molecule is CCOc1ccccc1OC1CCCN(c2ncc(C(=O)N3CCC3C(N)=O)cn2)C1. The summed E-state index contributed by atoms with van der Waals surface area (Å²) in [6.45, 7) is 4.50. The van der Waals surface area contributed by atoms with Gasteiger partial charge in [-0.05, 0) is 38.3 Å². The van der Waals surface area contributed by atoms with E-state index in [2.05, 4.69) is 14.9 Å². The van der Waals surface area contributed by atoms with Crippen LogP contribution in [0.4, 0.5) is 5.95 Å². The molecule has 1 aromatic heterocycles. The molecule has 0 bridgehead atoms. The molecule has 2 N–H and O–H groups in total. The van der Waals surface area contributed by atoms with Crippen LogP contribution in [0.25, 0.3) is 0 Å². The first-order chi connectivity index (χ1) is 15.1. The molecule has 9 nitrogen and oxygen atoms in total. The highest BCUT2D eigenvalue weighted by molar-refractivity contribution is 5.98. The van der Waals surface area contributed by atoms with Gasteiger partial charge in [0, 0.05) is 25.5 Å². The molecule has 2 amide bonds. The largest absolute Gasteiger partial charge is 0.490 e. The van der Waals surface area contributed by atoms with Crippen molar-refractivity contribution in [3.8, 4) is 11.5 Å². The zero-order chi connectivity index (χ0) is 21.8. The Morgan fingerprint density at radius 1 is 1.13 bits per heavy atom. The van der Waals surface area contributed by atoms with Crippen molar-refractivity contribution < 1.29 is 19.1 Å². The van der Waals surface area contributed by atoms with Crippen LogP contribution >= 0.6 is 0 Å². The second-order valence-corrected chi connectivity index (χ2v) is 7.68. The summed E-state index contributed by atoms with van der Waals surface area (Å²) in [5.41, 5.74) is 5.68. The number of likely N-dealkylation sites (tertiary alicyclic amines) is 1. The van der Waals surface area contributed by atoms with Gasteiger partial charge < -0.3 is 25.0 Å². The van der Waals surface area contributed by atoms with E-state index in [4.69, 9.17) is 15.2 Å². The lowest BCUT2D eigenvalue weighted by Gasteiger charge is -2.38. The number of benzene rings is 1. The fraction of sp³-hybridized carbons (Fsp3) is 0.455. The topological polar surface area (TPSA) is 111 Å². The van der Waals surface area contributed by atoms with E-state index in [9.17, 15) is 9.59 Å². The third-order valence-corrected chi connectivity index (χ3v) is 5.60. The molecule has 31 heavy (non-hydrogen) atoms. The zero-order valence-electron chi connectivity index (χ0n) is 17.6. The molecule has 2 aromatic rings. The summed E-state index contributed by atoms with van der Waals surface area (Å²) < 4.78 is 11.9.